The van der Waals surface area contributed by atoms with Crippen LogP contribution in [0.1, 0.15) is 12.0 Å². The summed E-state index contributed by atoms with van der Waals surface area (Å²) >= 11 is 0. The second-order valence-corrected chi connectivity index (χ2v) is 4.36. The van der Waals surface area contributed by atoms with Crippen LogP contribution in [-0.2, 0) is 6.54 Å². The lowest BCUT2D eigenvalue weighted by Crippen LogP contribution is -2.28. The minimum Gasteiger partial charge on any atom is -0.292 e. The molecule has 1 aliphatic heterocycles. The third-order valence-electron chi connectivity index (χ3n) is 3.32. The van der Waals surface area contributed by atoms with E-state index in [2.05, 4.69) is 47.4 Å². The maximum Gasteiger partial charge on any atom is 0.0288 e. The maximum absolute atomic E-state index is 2.58. The molecule has 1 aliphatic carbocycles. The first kappa shape index (κ1) is 8.25. The van der Waals surface area contributed by atoms with E-state index in [1.807, 2.05) is 0 Å². The highest BCUT2D eigenvalue weighted by Crippen LogP contribution is 2.32. The van der Waals surface area contributed by atoms with Crippen LogP contribution in [0, 0.1) is 5.92 Å². The van der Waals surface area contributed by atoms with E-state index in [0.717, 1.165) is 18.5 Å². The first-order valence-electron chi connectivity index (χ1n) is 5.38. The van der Waals surface area contributed by atoms with Gasteiger partial charge < -0.3 is 0 Å². The fraction of sp³-hybridized carbons (Fsp3) is 0.385. The van der Waals surface area contributed by atoms with E-state index in [-0.39, 0.29) is 0 Å². The molecule has 1 fully saturated rings. The number of likely N-dealkylation sites (tertiary alicyclic amines) is 1. The van der Waals surface area contributed by atoms with Crippen LogP contribution in [0.4, 0.5) is 0 Å². The van der Waals surface area contributed by atoms with Gasteiger partial charge in [0.05, 0.1) is 0 Å². The third-order valence-corrected chi connectivity index (χ3v) is 3.32. The summed E-state index contributed by atoms with van der Waals surface area (Å²) in [6, 6.07) is 11.5. The average molecular weight is 185 g/mol. The standard InChI is InChI=1S/C13H15N/c1-2-4-11(5-3-1)9-14-10-12-6-7-13(14)8-12/h1-7,12-13H,8-10H2. The molecule has 0 aromatic heterocycles. The second-order valence-electron chi connectivity index (χ2n) is 4.36. The minimum absolute atomic E-state index is 0.722. The molecule has 1 aromatic carbocycles. The minimum atomic E-state index is 0.722. The number of benzene rings is 1. The summed E-state index contributed by atoms with van der Waals surface area (Å²) in [5.41, 5.74) is 1.44. The predicted molar refractivity (Wildman–Crippen MR) is 57.9 cm³/mol. The van der Waals surface area contributed by atoms with Crippen molar-refractivity contribution in [2.45, 2.75) is 19.0 Å². The molecule has 1 aromatic rings. The Morgan fingerprint density at radius 1 is 1.14 bits per heavy atom. The van der Waals surface area contributed by atoms with Gasteiger partial charge in [-0.15, -0.1) is 0 Å². The van der Waals surface area contributed by atoms with E-state index < -0.39 is 0 Å². The Kier molecular flexibility index (Phi) is 1.91. The van der Waals surface area contributed by atoms with Crippen molar-refractivity contribution >= 4 is 0 Å². The fourth-order valence-electron chi connectivity index (χ4n) is 2.60. The predicted octanol–water partition coefficient (Wildman–Crippen LogP) is 2.45. The summed E-state index contributed by atoms with van der Waals surface area (Å²) in [5, 5.41) is 0. The smallest absolute Gasteiger partial charge is 0.0288 e. The first-order chi connectivity index (χ1) is 6.92. The van der Waals surface area contributed by atoms with Gasteiger partial charge in [0.2, 0.25) is 0 Å². The molecule has 1 heterocycles. The van der Waals surface area contributed by atoms with Gasteiger partial charge in [-0.3, -0.25) is 4.90 Å². The molecule has 1 nitrogen and oxygen atoms in total. The van der Waals surface area contributed by atoms with Gasteiger partial charge in [0.1, 0.15) is 0 Å². The van der Waals surface area contributed by atoms with Crippen molar-refractivity contribution in [3.05, 3.63) is 48.0 Å². The zero-order valence-corrected chi connectivity index (χ0v) is 8.26. The first-order valence-corrected chi connectivity index (χ1v) is 5.38. The molecule has 0 N–H and O–H groups in total. The summed E-state index contributed by atoms with van der Waals surface area (Å²) in [7, 11) is 0. The van der Waals surface area contributed by atoms with Crippen molar-refractivity contribution in [3.63, 3.8) is 0 Å². The van der Waals surface area contributed by atoms with Crippen LogP contribution < -0.4 is 0 Å². The molecular formula is C13H15N. The lowest BCUT2D eigenvalue weighted by atomic mass is 10.1. The lowest BCUT2D eigenvalue weighted by Gasteiger charge is -2.23. The van der Waals surface area contributed by atoms with Crippen LogP contribution in [0.5, 0.6) is 0 Å². The van der Waals surface area contributed by atoms with Crippen LogP contribution >= 0.6 is 0 Å². The van der Waals surface area contributed by atoms with Crippen LogP contribution in [0.3, 0.4) is 0 Å². The summed E-state index contributed by atoms with van der Waals surface area (Å²) in [4.78, 5) is 2.58. The molecular weight excluding hydrogens is 170 g/mol. The zero-order valence-electron chi connectivity index (χ0n) is 8.26. The molecule has 2 unspecified atom stereocenters. The largest absolute Gasteiger partial charge is 0.292 e. The Hall–Kier alpha value is -1.08. The van der Waals surface area contributed by atoms with Gasteiger partial charge in [0, 0.05) is 19.1 Å². The van der Waals surface area contributed by atoms with Crippen molar-refractivity contribution in [3.8, 4) is 0 Å². The number of hydrogen-bond acceptors (Lipinski definition) is 1. The molecule has 72 valence electrons. The van der Waals surface area contributed by atoms with Crippen LogP contribution in [0.25, 0.3) is 0 Å². The van der Waals surface area contributed by atoms with Gasteiger partial charge in [-0.25, -0.2) is 0 Å². The molecule has 2 bridgehead atoms. The molecule has 0 spiro atoms. The Bertz CT molecular complexity index is 342. The van der Waals surface area contributed by atoms with E-state index in [4.69, 9.17) is 0 Å². The monoisotopic (exact) mass is 185 g/mol. The Morgan fingerprint density at radius 2 is 2.00 bits per heavy atom. The molecule has 14 heavy (non-hydrogen) atoms. The van der Waals surface area contributed by atoms with Crippen LogP contribution in [0.15, 0.2) is 42.5 Å². The van der Waals surface area contributed by atoms with Gasteiger partial charge in [-0.2, -0.15) is 0 Å². The van der Waals surface area contributed by atoms with E-state index in [1.54, 1.807) is 0 Å². The molecule has 2 aliphatic rings. The number of rotatable bonds is 2. The lowest BCUT2D eigenvalue weighted by molar-refractivity contribution is 0.271. The summed E-state index contributed by atoms with van der Waals surface area (Å²) in [6.07, 6.45) is 6.11. The van der Waals surface area contributed by atoms with E-state index >= 15 is 0 Å². The summed E-state index contributed by atoms with van der Waals surface area (Å²) in [6.45, 7) is 2.38. The number of fused-ring (bicyclic) bond motifs is 2. The highest BCUT2D eigenvalue weighted by molar-refractivity contribution is 5.18. The molecule has 2 atom stereocenters. The highest BCUT2D eigenvalue weighted by Gasteiger charge is 2.32. The highest BCUT2D eigenvalue weighted by atomic mass is 15.2. The van der Waals surface area contributed by atoms with Gasteiger partial charge in [0.15, 0.2) is 0 Å². The van der Waals surface area contributed by atoms with E-state index in [9.17, 15) is 0 Å². The maximum atomic E-state index is 2.58. The SMILES string of the molecule is C1=CC2CC1CN2Cc1ccccc1. The molecule has 1 heteroatoms. The van der Waals surface area contributed by atoms with E-state index in [0.29, 0.717) is 0 Å². The number of nitrogens with zero attached hydrogens (tertiary/aromatic N) is 1. The Morgan fingerprint density at radius 3 is 2.64 bits per heavy atom. The average Bonchev–Trinajstić information content (AvgIpc) is 2.81. The summed E-state index contributed by atoms with van der Waals surface area (Å²) in [5.74, 6) is 0.837. The van der Waals surface area contributed by atoms with Gasteiger partial charge >= 0.3 is 0 Å². The Balaban J connectivity index is 1.72. The normalized spacial score (nSPS) is 30.0. The van der Waals surface area contributed by atoms with E-state index in [1.165, 1.54) is 18.5 Å². The van der Waals surface area contributed by atoms with Gasteiger partial charge in [-0.05, 0) is 17.9 Å². The fourth-order valence-corrected chi connectivity index (χ4v) is 2.60. The molecule has 0 saturated carbocycles. The van der Waals surface area contributed by atoms with Crippen molar-refractivity contribution in [2.24, 2.45) is 5.92 Å². The second kappa shape index (κ2) is 3.25. The van der Waals surface area contributed by atoms with Gasteiger partial charge in [0.25, 0.3) is 0 Å². The molecule has 0 amide bonds. The van der Waals surface area contributed by atoms with Crippen LogP contribution in [0.2, 0.25) is 0 Å². The van der Waals surface area contributed by atoms with Crippen molar-refractivity contribution < 1.29 is 0 Å². The molecule has 1 saturated heterocycles. The Labute approximate surface area is 85.0 Å². The third kappa shape index (κ3) is 1.38. The topological polar surface area (TPSA) is 3.24 Å². The van der Waals surface area contributed by atoms with Crippen LogP contribution in [-0.4, -0.2) is 17.5 Å². The molecule has 3 rings (SSSR count). The van der Waals surface area contributed by atoms with Crippen molar-refractivity contribution in [2.75, 3.05) is 6.54 Å². The molecule has 0 radical (unpaired) electrons. The van der Waals surface area contributed by atoms with Gasteiger partial charge in [-0.1, -0.05) is 42.5 Å². The number of hydrogen-bond donors (Lipinski definition) is 0. The quantitative estimate of drug-likeness (QED) is 0.640. The van der Waals surface area contributed by atoms with Crippen molar-refractivity contribution in [1.29, 1.82) is 0 Å². The van der Waals surface area contributed by atoms with Crippen molar-refractivity contribution in [1.82, 2.24) is 4.90 Å². The zero-order chi connectivity index (χ0) is 9.38. The summed E-state index contributed by atoms with van der Waals surface area (Å²) < 4.78 is 0.